The van der Waals surface area contributed by atoms with Crippen LogP contribution < -0.4 is 5.32 Å². The average molecular weight is 285 g/mol. The molecule has 2 aliphatic rings. The van der Waals surface area contributed by atoms with E-state index in [4.69, 9.17) is 0 Å². The molecule has 3 nitrogen and oxygen atoms in total. The highest BCUT2D eigenvalue weighted by atomic mass is 32.2. The van der Waals surface area contributed by atoms with Gasteiger partial charge in [-0.1, -0.05) is 13.3 Å². The number of unbranched alkanes of at least 4 members (excludes halogenated alkanes) is 1. The number of aliphatic hydroxyl groups is 1. The highest BCUT2D eigenvalue weighted by Gasteiger charge is 2.47. The second kappa shape index (κ2) is 7.53. The summed E-state index contributed by atoms with van der Waals surface area (Å²) >= 11 is 1.88. The first kappa shape index (κ1) is 15.2. The first-order valence-electron chi connectivity index (χ1n) is 7.74. The molecule has 0 aromatic carbocycles. The van der Waals surface area contributed by atoms with Crippen LogP contribution in [0.3, 0.4) is 0 Å². The Kier molecular flexibility index (Phi) is 6.02. The molecule has 4 atom stereocenters. The van der Waals surface area contributed by atoms with Crippen molar-refractivity contribution < 1.29 is 9.90 Å². The van der Waals surface area contributed by atoms with Gasteiger partial charge in [0.25, 0.3) is 0 Å². The van der Waals surface area contributed by atoms with Gasteiger partial charge in [0, 0.05) is 30.7 Å². The fraction of sp³-hybridized carbons (Fsp3) is 0.933. The molecule has 19 heavy (non-hydrogen) atoms. The molecule has 2 bridgehead atoms. The third kappa shape index (κ3) is 3.88. The van der Waals surface area contributed by atoms with E-state index in [1.807, 2.05) is 11.8 Å². The van der Waals surface area contributed by atoms with E-state index in [2.05, 4.69) is 12.2 Å². The summed E-state index contributed by atoms with van der Waals surface area (Å²) < 4.78 is 0. The van der Waals surface area contributed by atoms with Crippen molar-refractivity contribution in [1.29, 1.82) is 0 Å². The van der Waals surface area contributed by atoms with E-state index in [1.54, 1.807) is 0 Å². The van der Waals surface area contributed by atoms with Crippen LogP contribution in [0.1, 0.15) is 45.4 Å². The van der Waals surface area contributed by atoms with Gasteiger partial charge in [0.05, 0.1) is 0 Å². The molecule has 0 spiro atoms. The van der Waals surface area contributed by atoms with Crippen molar-refractivity contribution in [1.82, 2.24) is 5.32 Å². The lowest BCUT2D eigenvalue weighted by molar-refractivity contribution is -0.122. The maximum Gasteiger partial charge on any atom is 0.221 e. The Labute approximate surface area is 120 Å². The predicted octanol–water partition coefficient (Wildman–Crippen LogP) is 2.43. The molecular weight excluding hydrogens is 258 g/mol. The van der Waals surface area contributed by atoms with Gasteiger partial charge in [0.1, 0.15) is 0 Å². The summed E-state index contributed by atoms with van der Waals surface area (Å²) in [6.45, 7) is 2.43. The highest BCUT2D eigenvalue weighted by Crippen LogP contribution is 2.48. The first-order chi connectivity index (χ1) is 9.26. The van der Waals surface area contributed by atoms with E-state index in [0.29, 0.717) is 24.2 Å². The Balaban J connectivity index is 1.67. The zero-order chi connectivity index (χ0) is 13.7. The van der Waals surface area contributed by atoms with Crippen LogP contribution in [0.4, 0.5) is 0 Å². The molecular formula is C15H27NO2S. The fourth-order valence-electron chi connectivity index (χ4n) is 3.67. The average Bonchev–Trinajstić information content (AvgIpc) is 2.99. The van der Waals surface area contributed by atoms with Gasteiger partial charge in [0.15, 0.2) is 0 Å². The lowest BCUT2D eigenvalue weighted by Gasteiger charge is -2.30. The molecule has 1 amide bonds. The lowest BCUT2D eigenvalue weighted by Crippen LogP contribution is -2.45. The van der Waals surface area contributed by atoms with E-state index in [-0.39, 0.29) is 18.6 Å². The van der Waals surface area contributed by atoms with Gasteiger partial charge in [-0.05, 0) is 43.3 Å². The van der Waals surface area contributed by atoms with Gasteiger partial charge < -0.3 is 10.4 Å². The Hall–Kier alpha value is -0.220. The number of hydrogen-bond donors (Lipinski definition) is 2. The molecule has 4 unspecified atom stereocenters. The maximum absolute atomic E-state index is 12.0. The molecule has 0 radical (unpaired) electrons. The summed E-state index contributed by atoms with van der Waals surface area (Å²) in [4.78, 5) is 12.0. The Morgan fingerprint density at radius 2 is 2.11 bits per heavy atom. The molecule has 0 aromatic heterocycles. The molecule has 2 rings (SSSR count). The Bertz CT molecular complexity index is 298. The minimum atomic E-state index is 0.181. The molecule has 2 fully saturated rings. The molecule has 0 aliphatic heterocycles. The van der Waals surface area contributed by atoms with E-state index < -0.39 is 0 Å². The largest absolute Gasteiger partial charge is 0.396 e. The van der Waals surface area contributed by atoms with Gasteiger partial charge in [-0.25, -0.2) is 0 Å². The Morgan fingerprint density at radius 1 is 1.32 bits per heavy atom. The standard InChI is InChI=1S/C15H27NO2S/c1-2-3-7-19-8-6-14(18)16-15-12-5-4-11(9-12)13(15)10-17/h11-13,15,17H,2-10H2,1H3,(H,16,18). The fourth-order valence-corrected chi connectivity index (χ4v) is 4.70. The number of aliphatic hydroxyl groups excluding tert-OH is 1. The van der Waals surface area contributed by atoms with Crippen molar-refractivity contribution in [3.63, 3.8) is 0 Å². The minimum Gasteiger partial charge on any atom is -0.396 e. The van der Waals surface area contributed by atoms with Crippen molar-refractivity contribution in [2.75, 3.05) is 18.1 Å². The second-order valence-electron chi connectivity index (χ2n) is 5.99. The Morgan fingerprint density at radius 3 is 2.84 bits per heavy atom. The number of carbonyl (C=O) groups is 1. The molecule has 2 N–H and O–H groups in total. The van der Waals surface area contributed by atoms with Crippen LogP contribution in [0.25, 0.3) is 0 Å². The van der Waals surface area contributed by atoms with E-state index in [0.717, 1.165) is 11.5 Å². The topological polar surface area (TPSA) is 49.3 Å². The molecule has 110 valence electrons. The summed E-state index contributed by atoms with van der Waals surface area (Å²) in [5.74, 6) is 3.86. The van der Waals surface area contributed by atoms with E-state index in [9.17, 15) is 9.90 Å². The van der Waals surface area contributed by atoms with Gasteiger partial charge >= 0.3 is 0 Å². The van der Waals surface area contributed by atoms with E-state index >= 15 is 0 Å². The number of nitrogens with one attached hydrogen (secondary N) is 1. The molecule has 2 saturated carbocycles. The van der Waals surface area contributed by atoms with Crippen molar-refractivity contribution in [2.45, 2.75) is 51.5 Å². The summed E-state index contributed by atoms with van der Waals surface area (Å²) in [6, 6.07) is 0.247. The smallest absolute Gasteiger partial charge is 0.221 e. The third-order valence-corrected chi connectivity index (χ3v) is 5.81. The third-order valence-electron chi connectivity index (χ3n) is 4.74. The quantitative estimate of drug-likeness (QED) is 0.673. The molecule has 2 aliphatic carbocycles. The van der Waals surface area contributed by atoms with Gasteiger partial charge in [-0.2, -0.15) is 11.8 Å². The molecule has 0 saturated heterocycles. The van der Waals surface area contributed by atoms with Gasteiger partial charge in [0.2, 0.25) is 5.91 Å². The minimum absolute atomic E-state index is 0.181. The van der Waals surface area contributed by atoms with Crippen molar-refractivity contribution in [2.24, 2.45) is 17.8 Å². The summed E-state index contributed by atoms with van der Waals surface area (Å²) in [6.07, 6.45) is 6.78. The monoisotopic (exact) mass is 285 g/mol. The zero-order valence-corrected chi connectivity index (χ0v) is 12.8. The van der Waals surface area contributed by atoms with Crippen LogP contribution in [-0.2, 0) is 4.79 Å². The normalized spacial score (nSPS) is 32.7. The van der Waals surface area contributed by atoms with Crippen LogP contribution in [0.5, 0.6) is 0 Å². The zero-order valence-electron chi connectivity index (χ0n) is 11.9. The number of fused-ring (bicyclic) bond motifs is 2. The van der Waals surface area contributed by atoms with Crippen LogP contribution in [0.15, 0.2) is 0 Å². The summed E-state index contributed by atoms with van der Waals surface area (Å²) in [5.41, 5.74) is 0. The summed E-state index contributed by atoms with van der Waals surface area (Å²) in [5, 5.41) is 12.7. The van der Waals surface area contributed by atoms with Gasteiger partial charge in [-0.15, -0.1) is 0 Å². The number of thioether (sulfide) groups is 1. The van der Waals surface area contributed by atoms with Gasteiger partial charge in [-0.3, -0.25) is 4.79 Å². The number of amides is 1. The summed E-state index contributed by atoms with van der Waals surface area (Å²) in [7, 11) is 0. The number of hydrogen-bond acceptors (Lipinski definition) is 3. The van der Waals surface area contributed by atoms with Crippen LogP contribution in [-0.4, -0.2) is 35.2 Å². The molecule has 0 aromatic rings. The first-order valence-corrected chi connectivity index (χ1v) is 8.89. The highest BCUT2D eigenvalue weighted by molar-refractivity contribution is 7.99. The van der Waals surface area contributed by atoms with E-state index in [1.165, 1.54) is 32.1 Å². The SMILES string of the molecule is CCCCSCCC(=O)NC1C2CCC(C2)C1CO. The second-order valence-corrected chi connectivity index (χ2v) is 7.21. The predicted molar refractivity (Wildman–Crippen MR) is 80.2 cm³/mol. The van der Waals surface area contributed by atoms with Crippen LogP contribution >= 0.6 is 11.8 Å². The number of carbonyl (C=O) groups excluding carboxylic acids is 1. The maximum atomic E-state index is 12.0. The lowest BCUT2D eigenvalue weighted by atomic mass is 9.85. The van der Waals surface area contributed by atoms with Crippen LogP contribution in [0.2, 0.25) is 0 Å². The number of rotatable bonds is 8. The molecule has 4 heteroatoms. The van der Waals surface area contributed by atoms with Crippen LogP contribution in [0, 0.1) is 17.8 Å². The van der Waals surface area contributed by atoms with Crippen molar-refractivity contribution in [3.8, 4) is 0 Å². The van der Waals surface area contributed by atoms with Crippen molar-refractivity contribution in [3.05, 3.63) is 0 Å². The van der Waals surface area contributed by atoms with Crippen molar-refractivity contribution >= 4 is 17.7 Å². The molecule has 0 heterocycles.